The number of ether oxygens (including phenoxy) is 1. The van der Waals surface area contributed by atoms with Crippen LogP contribution in [0.2, 0.25) is 0 Å². The lowest BCUT2D eigenvalue weighted by molar-refractivity contribution is -0.123. The summed E-state index contributed by atoms with van der Waals surface area (Å²) >= 11 is 0. The molecular formula is C14H19NO2. The standard InChI is InChI=1S/C14H19NO2/c1-3-4-5-10-15-14(16)11-17-13-8-6-12(2)7-9-13/h3-4,6-9H,5,10-11H2,1-2H3,(H,15,16)/b4-3+. The fourth-order valence-corrected chi connectivity index (χ4v) is 1.30. The maximum absolute atomic E-state index is 11.4. The summed E-state index contributed by atoms with van der Waals surface area (Å²) in [4.78, 5) is 11.4. The second kappa shape index (κ2) is 7.49. The molecule has 0 bridgehead atoms. The van der Waals surface area contributed by atoms with Crippen molar-refractivity contribution in [1.29, 1.82) is 0 Å². The highest BCUT2D eigenvalue weighted by molar-refractivity contribution is 5.77. The van der Waals surface area contributed by atoms with Crippen LogP contribution in [0.4, 0.5) is 0 Å². The molecule has 0 aliphatic rings. The average molecular weight is 233 g/mol. The van der Waals surface area contributed by atoms with Crippen molar-refractivity contribution in [3.05, 3.63) is 42.0 Å². The van der Waals surface area contributed by atoms with E-state index in [-0.39, 0.29) is 12.5 Å². The normalized spacial score (nSPS) is 10.5. The quantitative estimate of drug-likeness (QED) is 0.605. The summed E-state index contributed by atoms with van der Waals surface area (Å²) in [6, 6.07) is 7.64. The Morgan fingerprint density at radius 1 is 1.35 bits per heavy atom. The number of allylic oxidation sites excluding steroid dienone is 1. The third kappa shape index (κ3) is 5.76. The minimum Gasteiger partial charge on any atom is -0.484 e. The number of carbonyl (C=O) groups is 1. The predicted molar refractivity (Wildman–Crippen MR) is 69.1 cm³/mol. The van der Waals surface area contributed by atoms with Gasteiger partial charge in [-0.15, -0.1) is 0 Å². The molecule has 1 amide bonds. The highest BCUT2D eigenvalue weighted by Gasteiger charge is 2.00. The second-order valence-electron chi connectivity index (χ2n) is 3.81. The van der Waals surface area contributed by atoms with Crippen molar-refractivity contribution >= 4 is 5.91 Å². The number of nitrogens with one attached hydrogen (secondary N) is 1. The van der Waals surface area contributed by atoms with Gasteiger partial charge in [0.25, 0.3) is 5.91 Å². The van der Waals surface area contributed by atoms with Crippen LogP contribution in [-0.2, 0) is 4.79 Å². The summed E-state index contributed by atoms with van der Waals surface area (Å²) in [5.41, 5.74) is 1.17. The molecular weight excluding hydrogens is 214 g/mol. The van der Waals surface area contributed by atoms with Crippen LogP contribution in [0.15, 0.2) is 36.4 Å². The van der Waals surface area contributed by atoms with Crippen LogP contribution >= 0.6 is 0 Å². The molecule has 0 radical (unpaired) electrons. The fraction of sp³-hybridized carbons (Fsp3) is 0.357. The minimum atomic E-state index is -0.0879. The third-order valence-corrected chi connectivity index (χ3v) is 2.26. The van der Waals surface area contributed by atoms with Gasteiger partial charge < -0.3 is 10.1 Å². The summed E-state index contributed by atoms with van der Waals surface area (Å²) in [5.74, 6) is 0.634. The summed E-state index contributed by atoms with van der Waals surface area (Å²) in [5, 5.41) is 2.78. The third-order valence-electron chi connectivity index (χ3n) is 2.26. The Bertz CT molecular complexity index is 368. The number of amides is 1. The molecule has 3 nitrogen and oxygen atoms in total. The zero-order chi connectivity index (χ0) is 12.5. The number of hydrogen-bond donors (Lipinski definition) is 1. The second-order valence-corrected chi connectivity index (χ2v) is 3.81. The van der Waals surface area contributed by atoms with Gasteiger partial charge in [-0.3, -0.25) is 4.79 Å². The zero-order valence-corrected chi connectivity index (χ0v) is 10.4. The van der Waals surface area contributed by atoms with E-state index in [0.29, 0.717) is 6.54 Å². The van der Waals surface area contributed by atoms with E-state index in [9.17, 15) is 4.79 Å². The molecule has 0 aliphatic carbocycles. The Labute approximate surface area is 102 Å². The molecule has 0 saturated carbocycles. The number of benzene rings is 1. The van der Waals surface area contributed by atoms with Crippen molar-refractivity contribution in [2.75, 3.05) is 13.2 Å². The van der Waals surface area contributed by atoms with Crippen molar-refractivity contribution in [3.8, 4) is 5.75 Å². The maximum atomic E-state index is 11.4. The molecule has 0 aromatic heterocycles. The topological polar surface area (TPSA) is 38.3 Å². The van der Waals surface area contributed by atoms with Crippen LogP contribution in [0.1, 0.15) is 18.9 Å². The molecule has 1 rings (SSSR count). The summed E-state index contributed by atoms with van der Waals surface area (Å²) in [6.45, 7) is 4.69. The molecule has 0 heterocycles. The van der Waals surface area contributed by atoms with Gasteiger partial charge in [0.15, 0.2) is 6.61 Å². The molecule has 0 aliphatic heterocycles. The molecule has 0 fully saturated rings. The molecule has 3 heteroatoms. The number of carbonyl (C=O) groups excluding carboxylic acids is 1. The Morgan fingerprint density at radius 2 is 2.06 bits per heavy atom. The Morgan fingerprint density at radius 3 is 2.71 bits per heavy atom. The average Bonchev–Trinajstić information content (AvgIpc) is 2.34. The van der Waals surface area contributed by atoms with Gasteiger partial charge in [-0.25, -0.2) is 0 Å². The van der Waals surface area contributed by atoms with Gasteiger partial charge in [-0.05, 0) is 32.4 Å². The first-order valence-electron chi connectivity index (χ1n) is 5.79. The molecule has 0 saturated heterocycles. The van der Waals surface area contributed by atoms with Crippen molar-refractivity contribution in [2.45, 2.75) is 20.3 Å². The molecule has 0 spiro atoms. The van der Waals surface area contributed by atoms with Gasteiger partial charge in [0.2, 0.25) is 0 Å². The van der Waals surface area contributed by atoms with E-state index in [1.165, 1.54) is 5.56 Å². The highest BCUT2D eigenvalue weighted by Crippen LogP contribution is 2.10. The molecule has 1 aromatic rings. The lowest BCUT2D eigenvalue weighted by atomic mass is 10.2. The first kappa shape index (κ1) is 13.3. The zero-order valence-electron chi connectivity index (χ0n) is 10.4. The Balaban J connectivity index is 2.21. The molecule has 1 aromatic carbocycles. The van der Waals surface area contributed by atoms with E-state index in [1.54, 1.807) is 0 Å². The fourth-order valence-electron chi connectivity index (χ4n) is 1.30. The summed E-state index contributed by atoms with van der Waals surface area (Å²) in [6.07, 6.45) is 4.84. The molecule has 0 atom stereocenters. The van der Waals surface area contributed by atoms with Crippen molar-refractivity contribution < 1.29 is 9.53 Å². The van der Waals surface area contributed by atoms with E-state index in [2.05, 4.69) is 5.32 Å². The van der Waals surface area contributed by atoms with Crippen LogP contribution in [-0.4, -0.2) is 19.1 Å². The highest BCUT2D eigenvalue weighted by atomic mass is 16.5. The van der Waals surface area contributed by atoms with Crippen molar-refractivity contribution in [2.24, 2.45) is 0 Å². The lowest BCUT2D eigenvalue weighted by Crippen LogP contribution is -2.29. The largest absolute Gasteiger partial charge is 0.484 e. The Hall–Kier alpha value is -1.77. The molecule has 1 N–H and O–H groups in total. The number of hydrogen-bond acceptors (Lipinski definition) is 2. The minimum absolute atomic E-state index is 0.0684. The maximum Gasteiger partial charge on any atom is 0.257 e. The molecule has 92 valence electrons. The predicted octanol–water partition coefficient (Wildman–Crippen LogP) is 2.46. The van der Waals surface area contributed by atoms with Gasteiger partial charge in [0, 0.05) is 6.54 Å². The van der Waals surface area contributed by atoms with Gasteiger partial charge in [-0.1, -0.05) is 29.8 Å². The first-order valence-corrected chi connectivity index (χ1v) is 5.79. The summed E-state index contributed by atoms with van der Waals surface area (Å²) in [7, 11) is 0. The van der Waals surface area contributed by atoms with Crippen molar-refractivity contribution in [3.63, 3.8) is 0 Å². The van der Waals surface area contributed by atoms with Crippen LogP contribution < -0.4 is 10.1 Å². The smallest absolute Gasteiger partial charge is 0.257 e. The SMILES string of the molecule is C/C=C/CCNC(=O)COc1ccc(C)cc1. The monoisotopic (exact) mass is 233 g/mol. The van der Waals surface area contributed by atoms with E-state index >= 15 is 0 Å². The number of aryl methyl sites for hydroxylation is 1. The van der Waals surface area contributed by atoms with Crippen LogP contribution in [0.25, 0.3) is 0 Å². The van der Waals surface area contributed by atoms with E-state index in [1.807, 2.05) is 50.3 Å². The van der Waals surface area contributed by atoms with Gasteiger partial charge >= 0.3 is 0 Å². The first-order chi connectivity index (χ1) is 8.22. The molecule has 0 unspecified atom stereocenters. The van der Waals surface area contributed by atoms with E-state index in [0.717, 1.165) is 12.2 Å². The van der Waals surface area contributed by atoms with Crippen LogP contribution in [0.5, 0.6) is 5.75 Å². The Kier molecular flexibility index (Phi) is 5.86. The van der Waals surface area contributed by atoms with E-state index in [4.69, 9.17) is 4.74 Å². The van der Waals surface area contributed by atoms with Gasteiger partial charge in [-0.2, -0.15) is 0 Å². The van der Waals surface area contributed by atoms with E-state index < -0.39 is 0 Å². The summed E-state index contributed by atoms with van der Waals surface area (Å²) < 4.78 is 5.35. The molecule has 17 heavy (non-hydrogen) atoms. The van der Waals surface area contributed by atoms with Gasteiger partial charge in [0.05, 0.1) is 0 Å². The van der Waals surface area contributed by atoms with Crippen LogP contribution in [0, 0.1) is 6.92 Å². The number of rotatable bonds is 6. The van der Waals surface area contributed by atoms with Crippen molar-refractivity contribution in [1.82, 2.24) is 5.32 Å². The van der Waals surface area contributed by atoms with Crippen LogP contribution in [0.3, 0.4) is 0 Å². The van der Waals surface area contributed by atoms with Gasteiger partial charge in [0.1, 0.15) is 5.75 Å². The lowest BCUT2D eigenvalue weighted by Gasteiger charge is -2.06.